The normalized spacial score (nSPS) is 12.7. The minimum atomic E-state index is 0.0139. The van der Waals surface area contributed by atoms with Gasteiger partial charge in [-0.05, 0) is 17.7 Å². The van der Waals surface area contributed by atoms with Gasteiger partial charge in [0.2, 0.25) is 0 Å². The number of hydrogen-bond acceptors (Lipinski definition) is 2. The van der Waals surface area contributed by atoms with Crippen LogP contribution in [0, 0.1) is 0 Å². The second kappa shape index (κ2) is 5.19. The number of rotatable bonds is 2. The quantitative estimate of drug-likeness (QED) is 0.723. The molecule has 0 radical (unpaired) electrons. The maximum atomic E-state index is 12.9. The van der Waals surface area contributed by atoms with Crippen molar-refractivity contribution in [3.05, 3.63) is 82.6 Å². The van der Waals surface area contributed by atoms with Gasteiger partial charge in [-0.3, -0.25) is 9.36 Å². The van der Waals surface area contributed by atoms with Gasteiger partial charge in [-0.1, -0.05) is 48.5 Å². The van der Waals surface area contributed by atoms with Crippen molar-refractivity contribution in [2.24, 2.45) is 0 Å². The zero-order valence-electron chi connectivity index (χ0n) is 12.0. The number of para-hydroxylation sites is 1. The van der Waals surface area contributed by atoms with Crippen LogP contribution in [0.25, 0.3) is 16.9 Å². The summed E-state index contributed by atoms with van der Waals surface area (Å²) in [6, 6.07) is 21.7. The second-order valence-corrected chi connectivity index (χ2v) is 5.31. The average Bonchev–Trinajstić information content (AvgIpc) is 3.05. The number of benzene rings is 2. The first-order valence-corrected chi connectivity index (χ1v) is 7.37. The fourth-order valence-corrected chi connectivity index (χ4v) is 2.90. The molecule has 3 nitrogen and oxygen atoms in total. The lowest BCUT2D eigenvalue weighted by molar-refractivity contribution is 0.357. The molecule has 4 rings (SSSR count). The Bertz CT molecular complexity index is 867. The van der Waals surface area contributed by atoms with Gasteiger partial charge in [0.15, 0.2) is 0 Å². The SMILES string of the molecule is O=c1c2c(cc(-c3ccccc3)n1-c1ccccc1)OCC2. The summed E-state index contributed by atoms with van der Waals surface area (Å²) in [4.78, 5) is 12.9. The van der Waals surface area contributed by atoms with Gasteiger partial charge in [-0.2, -0.15) is 0 Å². The fraction of sp³-hybridized carbons (Fsp3) is 0.105. The summed E-state index contributed by atoms with van der Waals surface area (Å²) in [6.07, 6.45) is 0.677. The Hall–Kier alpha value is -2.81. The van der Waals surface area contributed by atoms with Crippen LogP contribution in [0.1, 0.15) is 5.56 Å². The van der Waals surface area contributed by atoms with Crippen LogP contribution in [0.2, 0.25) is 0 Å². The molecule has 22 heavy (non-hydrogen) atoms. The Balaban J connectivity index is 2.05. The molecule has 1 aliphatic heterocycles. The van der Waals surface area contributed by atoms with Crippen LogP contribution < -0.4 is 10.3 Å². The van der Waals surface area contributed by atoms with E-state index in [0.717, 1.165) is 28.3 Å². The largest absolute Gasteiger partial charge is 0.493 e. The van der Waals surface area contributed by atoms with Gasteiger partial charge in [-0.25, -0.2) is 0 Å². The molecule has 1 aliphatic rings. The van der Waals surface area contributed by atoms with E-state index in [-0.39, 0.29) is 5.56 Å². The lowest BCUT2D eigenvalue weighted by Crippen LogP contribution is -2.22. The highest BCUT2D eigenvalue weighted by Gasteiger charge is 2.21. The predicted octanol–water partition coefficient (Wildman–Crippen LogP) is 3.44. The molecule has 0 bridgehead atoms. The number of nitrogens with zero attached hydrogens (tertiary/aromatic N) is 1. The molecule has 3 aromatic rings. The van der Waals surface area contributed by atoms with Crippen molar-refractivity contribution in [2.75, 3.05) is 6.61 Å². The van der Waals surface area contributed by atoms with Crippen LogP contribution in [-0.2, 0) is 6.42 Å². The fourth-order valence-electron chi connectivity index (χ4n) is 2.90. The first kappa shape index (κ1) is 12.9. The molecular formula is C19H15NO2. The molecule has 0 aliphatic carbocycles. The Kier molecular flexibility index (Phi) is 3.04. The minimum Gasteiger partial charge on any atom is -0.493 e. The molecule has 1 aromatic heterocycles. The van der Waals surface area contributed by atoms with E-state index in [4.69, 9.17) is 4.74 Å². The van der Waals surface area contributed by atoms with Crippen molar-refractivity contribution < 1.29 is 4.74 Å². The molecule has 2 heterocycles. The molecule has 0 saturated heterocycles. The van der Waals surface area contributed by atoms with Crippen molar-refractivity contribution in [2.45, 2.75) is 6.42 Å². The van der Waals surface area contributed by atoms with Gasteiger partial charge in [0, 0.05) is 18.2 Å². The highest BCUT2D eigenvalue weighted by atomic mass is 16.5. The molecular weight excluding hydrogens is 274 g/mol. The Morgan fingerprint density at radius 1 is 0.909 bits per heavy atom. The Morgan fingerprint density at radius 3 is 2.32 bits per heavy atom. The highest BCUT2D eigenvalue weighted by molar-refractivity contribution is 5.65. The van der Waals surface area contributed by atoms with Gasteiger partial charge in [-0.15, -0.1) is 0 Å². The van der Waals surface area contributed by atoms with Crippen molar-refractivity contribution in [1.82, 2.24) is 4.57 Å². The lowest BCUT2D eigenvalue weighted by Gasteiger charge is -2.15. The van der Waals surface area contributed by atoms with Crippen LogP contribution in [-0.4, -0.2) is 11.2 Å². The van der Waals surface area contributed by atoms with Crippen molar-refractivity contribution in [1.29, 1.82) is 0 Å². The number of aromatic nitrogens is 1. The topological polar surface area (TPSA) is 31.2 Å². The standard InChI is InChI=1S/C19H15NO2/c21-19-16-11-12-22-18(16)13-17(14-7-3-1-4-8-14)20(19)15-9-5-2-6-10-15/h1-10,13H,11-12H2. The third-order valence-electron chi connectivity index (χ3n) is 3.96. The van der Waals surface area contributed by atoms with Gasteiger partial charge >= 0.3 is 0 Å². The molecule has 0 unspecified atom stereocenters. The van der Waals surface area contributed by atoms with Gasteiger partial charge in [0.25, 0.3) is 5.56 Å². The van der Waals surface area contributed by atoms with Gasteiger partial charge < -0.3 is 4.74 Å². The average molecular weight is 289 g/mol. The van der Waals surface area contributed by atoms with Crippen molar-refractivity contribution in [3.63, 3.8) is 0 Å². The molecule has 0 saturated carbocycles. The van der Waals surface area contributed by atoms with Crippen LogP contribution >= 0.6 is 0 Å². The number of pyridine rings is 1. The number of ether oxygens (including phenoxy) is 1. The molecule has 0 atom stereocenters. The maximum absolute atomic E-state index is 12.9. The summed E-state index contributed by atoms with van der Waals surface area (Å²) >= 11 is 0. The van der Waals surface area contributed by atoms with Crippen LogP contribution in [0.3, 0.4) is 0 Å². The smallest absolute Gasteiger partial charge is 0.262 e. The van der Waals surface area contributed by atoms with E-state index in [0.29, 0.717) is 13.0 Å². The van der Waals surface area contributed by atoms with E-state index in [2.05, 4.69) is 0 Å². The lowest BCUT2D eigenvalue weighted by atomic mass is 10.1. The second-order valence-electron chi connectivity index (χ2n) is 5.31. The zero-order valence-corrected chi connectivity index (χ0v) is 12.0. The third kappa shape index (κ3) is 2.02. The summed E-state index contributed by atoms with van der Waals surface area (Å²) in [5, 5.41) is 0. The van der Waals surface area contributed by atoms with E-state index >= 15 is 0 Å². The van der Waals surface area contributed by atoms with Crippen LogP contribution in [0.15, 0.2) is 71.5 Å². The Morgan fingerprint density at radius 2 is 1.59 bits per heavy atom. The summed E-state index contributed by atoms with van der Waals surface area (Å²) in [5.41, 5.74) is 3.52. The maximum Gasteiger partial charge on any atom is 0.262 e. The van der Waals surface area contributed by atoms with Crippen molar-refractivity contribution in [3.8, 4) is 22.7 Å². The van der Waals surface area contributed by atoms with Gasteiger partial charge in [0.1, 0.15) is 5.75 Å². The van der Waals surface area contributed by atoms with E-state index in [1.807, 2.05) is 66.7 Å². The monoisotopic (exact) mass is 289 g/mol. The molecule has 0 fully saturated rings. The van der Waals surface area contributed by atoms with E-state index < -0.39 is 0 Å². The molecule has 0 spiro atoms. The molecule has 0 N–H and O–H groups in total. The van der Waals surface area contributed by atoms with Gasteiger partial charge in [0.05, 0.1) is 17.9 Å². The minimum absolute atomic E-state index is 0.0139. The zero-order chi connectivity index (χ0) is 14.9. The van der Waals surface area contributed by atoms with Crippen LogP contribution in [0.5, 0.6) is 5.75 Å². The first-order valence-electron chi connectivity index (χ1n) is 7.37. The molecule has 3 heteroatoms. The molecule has 0 amide bonds. The van der Waals surface area contributed by atoms with Crippen LogP contribution in [0.4, 0.5) is 0 Å². The molecule has 2 aromatic carbocycles. The summed E-state index contributed by atoms with van der Waals surface area (Å²) in [7, 11) is 0. The summed E-state index contributed by atoms with van der Waals surface area (Å²) < 4.78 is 7.40. The van der Waals surface area contributed by atoms with E-state index in [9.17, 15) is 4.79 Å². The number of hydrogen-bond donors (Lipinski definition) is 0. The number of fused-ring (bicyclic) bond motifs is 1. The molecule has 108 valence electrons. The van der Waals surface area contributed by atoms with E-state index in [1.165, 1.54) is 0 Å². The predicted molar refractivity (Wildman–Crippen MR) is 86.7 cm³/mol. The van der Waals surface area contributed by atoms with Crippen molar-refractivity contribution >= 4 is 0 Å². The highest BCUT2D eigenvalue weighted by Crippen LogP contribution is 2.30. The summed E-state index contributed by atoms with van der Waals surface area (Å²) in [5.74, 6) is 0.719. The Labute approximate surface area is 128 Å². The van der Waals surface area contributed by atoms with E-state index in [1.54, 1.807) is 4.57 Å². The first-order chi connectivity index (χ1) is 10.8. The summed E-state index contributed by atoms with van der Waals surface area (Å²) in [6.45, 7) is 0.581. The third-order valence-corrected chi connectivity index (χ3v) is 3.96.